The Morgan fingerprint density at radius 2 is 2.00 bits per heavy atom. The molecule has 7 nitrogen and oxygen atoms in total. The van der Waals surface area contributed by atoms with Crippen molar-refractivity contribution in [3.63, 3.8) is 0 Å². The fourth-order valence-electron chi connectivity index (χ4n) is 4.96. The van der Waals surface area contributed by atoms with E-state index in [1.807, 2.05) is 6.07 Å². The molecule has 1 amide bonds. The van der Waals surface area contributed by atoms with Gasteiger partial charge in [0.2, 0.25) is 0 Å². The number of aliphatic hydroxyl groups excluding tert-OH is 1. The first kappa shape index (κ1) is 25.0. The number of rotatable bonds is 7. The van der Waals surface area contributed by atoms with Crippen molar-refractivity contribution >= 4 is 23.3 Å². The van der Waals surface area contributed by atoms with E-state index < -0.39 is 23.6 Å². The first-order valence-electron chi connectivity index (χ1n) is 11.8. The van der Waals surface area contributed by atoms with Gasteiger partial charge in [-0.05, 0) is 62.1 Å². The van der Waals surface area contributed by atoms with Gasteiger partial charge in [0.05, 0.1) is 41.6 Å². The number of carbonyl (C=O) groups excluding carboxylic acids is 2. The van der Waals surface area contributed by atoms with Crippen LogP contribution < -0.4 is 0 Å². The minimum absolute atomic E-state index is 0.0124. The molecule has 1 unspecified atom stereocenters. The van der Waals surface area contributed by atoms with Crippen molar-refractivity contribution in [2.75, 3.05) is 6.61 Å². The van der Waals surface area contributed by atoms with Gasteiger partial charge in [-0.2, -0.15) is 5.26 Å². The van der Waals surface area contributed by atoms with Crippen LogP contribution in [0.1, 0.15) is 62.9 Å². The Kier molecular flexibility index (Phi) is 6.54. The molecule has 1 atom stereocenters. The summed E-state index contributed by atoms with van der Waals surface area (Å²) in [4.78, 5) is 31.7. The summed E-state index contributed by atoms with van der Waals surface area (Å²) in [5.74, 6) is -1.60. The lowest BCUT2D eigenvalue weighted by molar-refractivity contribution is -0.139. The molecule has 0 spiro atoms. The number of hydrogen-bond donors (Lipinski definition) is 1. The number of fused-ring (bicyclic) bond motifs is 1. The van der Waals surface area contributed by atoms with Crippen LogP contribution in [0.3, 0.4) is 0 Å². The van der Waals surface area contributed by atoms with Gasteiger partial charge < -0.3 is 9.84 Å². The molecule has 0 saturated heterocycles. The molecule has 2 heterocycles. The highest BCUT2D eigenvalue weighted by Crippen LogP contribution is 2.48. The molecule has 1 N–H and O–H groups in total. The number of carbonyl (C=O) groups is 2. The molecule has 1 saturated carbocycles. The molecule has 1 aliphatic heterocycles. The zero-order chi connectivity index (χ0) is 26.3. The summed E-state index contributed by atoms with van der Waals surface area (Å²) in [6.45, 7) is 1.42. The van der Waals surface area contributed by atoms with Crippen molar-refractivity contribution in [3.8, 4) is 6.07 Å². The second kappa shape index (κ2) is 9.67. The van der Waals surface area contributed by atoms with E-state index in [0.717, 1.165) is 6.07 Å². The van der Waals surface area contributed by atoms with Crippen molar-refractivity contribution in [2.24, 2.45) is 5.92 Å². The third-order valence-corrected chi connectivity index (χ3v) is 7.19. The van der Waals surface area contributed by atoms with Crippen LogP contribution in [0, 0.1) is 23.1 Å². The molecule has 0 radical (unpaired) electrons. The Morgan fingerprint density at radius 1 is 1.27 bits per heavy atom. The van der Waals surface area contributed by atoms with Crippen molar-refractivity contribution in [3.05, 3.63) is 99.1 Å². The molecule has 188 valence electrons. The lowest BCUT2D eigenvalue weighted by Crippen LogP contribution is -2.48. The summed E-state index contributed by atoms with van der Waals surface area (Å²) in [7, 11) is 0. The highest BCUT2D eigenvalue weighted by atomic mass is 35.5. The number of benzene rings is 2. The molecule has 2 aromatic carbocycles. The smallest absolute Gasteiger partial charge is 0.257 e. The van der Waals surface area contributed by atoms with Crippen LogP contribution in [0.25, 0.3) is 0 Å². The lowest BCUT2D eigenvalue weighted by Gasteiger charge is -2.42. The van der Waals surface area contributed by atoms with Crippen LogP contribution in [-0.4, -0.2) is 39.4 Å². The summed E-state index contributed by atoms with van der Waals surface area (Å²) in [6, 6.07) is 14.4. The standard InChI is InChI=1S/C28H23ClFN3O4/c1-16(34)19-10-24-26(25(30)11-19)28(20-3-5-21(29)6-4-20,37-15-18-8-23(35)9-18)33(27(24)36)14-22-7-2-17(12-31)13-32-22/h2-7,10-11,13,18,23,35H,8-9,14-15H2,1H3. The Hall–Kier alpha value is -3.64. The average Bonchev–Trinajstić information content (AvgIpc) is 3.10. The second-order valence-corrected chi connectivity index (χ2v) is 9.87. The predicted molar refractivity (Wildman–Crippen MR) is 132 cm³/mol. The van der Waals surface area contributed by atoms with Gasteiger partial charge in [0.1, 0.15) is 11.9 Å². The molecule has 0 bridgehead atoms. The van der Waals surface area contributed by atoms with Crippen molar-refractivity contribution in [1.82, 2.24) is 9.88 Å². The van der Waals surface area contributed by atoms with E-state index in [1.165, 1.54) is 24.1 Å². The maximum absolute atomic E-state index is 15.9. The molecule has 37 heavy (non-hydrogen) atoms. The number of amides is 1. The van der Waals surface area contributed by atoms with Crippen molar-refractivity contribution in [2.45, 2.75) is 38.1 Å². The lowest BCUT2D eigenvalue weighted by atomic mass is 9.83. The van der Waals surface area contributed by atoms with Crippen LogP contribution in [0.4, 0.5) is 4.39 Å². The number of ketones is 1. The summed E-state index contributed by atoms with van der Waals surface area (Å²) in [5.41, 5.74) is -0.246. The number of aromatic nitrogens is 1. The van der Waals surface area contributed by atoms with E-state index in [0.29, 0.717) is 34.7 Å². The third kappa shape index (κ3) is 4.40. The largest absolute Gasteiger partial charge is 0.393 e. The Labute approximate surface area is 218 Å². The molecule has 9 heteroatoms. The maximum Gasteiger partial charge on any atom is 0.257 e. The Morgan fingerprint density at radius 3 is 2.59 bits per heavy atom. The van der Waals surface area contributed by atoms with Gasteiger partial charge in [0, 0.05) is 22.3 Å². The topological polar surface area (TPSA) is 104 Å². The number of ether oxygens (including phenoxy) is 1. The maximum atomic E-state index is 15.9. The number of pyridine rings is 1. The molecule has 3 aromatic rings. The van der Waals surface area contributed by atoms with Gasteiger partial charge >= 0.3 is 0 Å². The van der Waals surface area contributed by atoms with Crippen molar-refractivity contribution < 1.29 is 23.8 Å². The van der Waals surface area contributed by atoms with Crippen LogP contribution >= 0.6 is 11.6 Å². The number of nitriles is 1. The molecule has 2 aliphatic rings. The van der Waals surface area contributed by atoms with Gasteiger partial charge in [-0.3, -0.25) is 19.5 Å². The minimum atomic E-state index is -1.67. The fraction of sp³-hybridized carbons (Fsp3) is 0.286. The fourth-order valence-corrected chi connectivity index (χ4v) is 5.09. The summed E-state index contributed by atoms with van der Waals surface area (Å²) in [5, 5.41) is 19.4. The highest BCUT2D eigenvalue weighted by molar-refractivity contribution is 6.30. The predicted octanol–water partition coefficient (Wildman–Crippen LogP) is 4.59. The number of Topliss-reactive ketones (excluding diaryl/α,β-unsaturated/α-hetero) is 1. The normalized spacial score (nSPS) is 22.4. The number of halogens is 2. The van der Waals surface area contributed by atoms with Crippen LogP contribution in [0.5, 0.6) is 0 Å². The molecule has 5 rings (SSSR count). The first-order chi connectivity index (χ1) is 17.7. The molecule has 1 aliphatic carbocycles. The molecule has 1 aromatic heterocycles. The molecular formula is C28H23ClFN3O4. The van der Waals surface area contributed by atoms with Gasteiger partial charge in [0.15, 0.2) is 11.5 Å². The van der Waals surface area contributed by atoms with E-state index in [1.54, 1.807) is 36.4 Å². The zero-order valence-corrected chi connectivity index (χ0v) is 20.7. The molecular weight excluding hydrogens is 497 g/mol. The van der Waals surface area contributed by atoms with Gasteiger partial charge in [0.25, 0.3) is 5.91 Å². The Balaban J connectivity index is 1.69. The average molecular weight is 520 g/mol. The van der Waals surface area contributed by atoms with Gasteiger partial charge in [-0.1, -0.05) is 23.7 Å². The summed E-state index contributed by atoms with van der Waals surface area (Å²) < 4.78 is 22.4. The summed E-state index contributed by atoms with van der Waals surface area (Å²) in [6.07, 6.45) is 2.07. The van der Waals surface area contributed by atoms with E-state index in [-0.39, 0.29) is 41.5 Å². The minimum Gasteiger partial charge on any atom is -0.393 e. The number of aliphatic hydroxyl groups is 1. The Bertz CT molecular complexity index is 1420. The number of hydrogen-bond acceptors (Lipinski definition) is 6. The third-order valence-electron chi connectivity index (χ3n) is 6.94. The SMILES string of the molecule is CC(=O)c1cc(F)c2c(c1)C(=O)N(Cc1ccc(C#N)cn1)C2(OCC1CC(O)C1)c1ccc(Cl)cc1. The van der Waals surface area contributed by atoms with Crippen molar-refractivity contribution in [1.29, 1.82) is 5.26 Å². The summed E-state index contributed by atoms with van der Waals surface area (Å²) >= 11 is 6.15. The van der Waals surface area contributed by atoms with E-state index in [9.17, 15) is 14.7 Å². The first-order valence-corrected chi connectivity index (χ1v) is 12.2. The zero-order valence-electron chi connectivity index (χ0n) is 19.9. The van der Waals surface area contributed by atoms with E-state index in [2.05, 4.69) is 4.98 Å². The van der Waals surface area contributed by atoms with E-state index in [4.69, 9.17) is 21.6 Å². The molecule has 1 fully saturated rings. The van der Waals surface area contributed by atoms with Crippen LogP contribution in [-0.2, 0) is 17.0 Å². The second-order valence-electron chi connectivity index (χ2n) is 9.43. The van der Waals surface area contributed by atoms with E-state index >= 15 is 4.39 Å². The number of nitrogens with zero attached hydrogens (tertiary/aromatic N) is 3. The quantitative estimate of drug-likeness (QED) is 0.458. The van der Waals surface area contributed by atoms with Gasteiger partial charge in [-0.15, -0.1) is 0 Å². The highest BCUT2D eigenvalue weighted by Gasteiger charge is 2.55. The van der Waals surface area contributed by atoms with Crippen LogP contribution in [0.2, 0.25) is 5.02 Å². The van der Waals surface area contributed by atoms with Crippen LogP contribution in [0.15, 0.2) is 54.7 Å². The van der Waals surface area contributed by atoms with Gasteiger partial charge in [-0.25, -0.2) is 4.39 Å². The monoisotopic (exact) mass is 519 g/mol.